The number of carbonyl (C=O) groups excluding carboxylic acids is 4. The molecule has 0 bridgehead atoms. The highest BCUT2D eigenvalue weighted by atomic mass is 16.5. The summed E-state index contributed by atoms with van der Waals surface area (Å²) < 4.78 is 10.4. The third-order valence-corrected chi connectivity index (χ3v) is 6.52. The smallest absolute Gasteiger partial charge is 0.379 e. The molecule has 0 saturated heterocycles. The van der Waals surface area contributed by atoms with E-state index in [1.165, 1.54) is 0 Å². The van der Waals surface area contributed by atoms with Gasteiger partial charge in [-0.25, -0.2) is 9.59 Å². The molecule has 0 amide bonds. The molecule has 0 heterocycles. The van der Waals surface area contributed by atoms with E-state index in [9.17, 15) is 19.2 Å². The van der Waals surface area contributed by atoms with E-state index in [4.69, 9.17) is 9.47 Å². The average Bonchev–Trinajstić information content (AvgIpc) is 3.21. The number of hydrogen-bond donors (Lipinski definition) is 0. The lowest BCUT2D eigenvalue weighted by molar-refractivity contribution is -0.146. The molecule has 4 aromatic carbocycles. The zero-order chi connectivity index (χ0) is 26.2. The van der Waals surface area contributed by atoms with Crippen molar-refractivity contribution in [3.05, 3.63) is 119 Å². The van der Waals surface area contributed by atoms with E-state index >= 15 is 0 Å². The Morgan fingerprint density at radius 3 is 1.22 bits per heavy atom. The van der Waals surface area contributed by atoms with Gasteiger partial charge in [0.05, 0.1) is 5.41 Å². The molecule has 1 aliphatic rings. The third kappa shape index (κ3) is 4.02. The molecule has 5 rings (SSSR count). The van der Waals surface area contributed by atoms with Crippen LogP contribution < -0.4 is 9.47 Å². The first-order chi connectivity index (χ1) is 17.8. The number of Topliss-reactive ketones (excluding diaryl/α,β-unsaturated/α-hetero) is 2. The lowest BCUT2D eigenvalue weighted by Gasteiger charge is -2.34. The zero-order valence-corrected chi connectivity index (χ0v) is 20.2. The Morgan fingerprint density at radius 2 is 0.865 bits per heavy atom. The maximum atomic E-state index is 11.8. The van der Waals surface area contributed by atoms with Crippen molar-refractivity contribution in [2.75, 3.05) is 0 Å². The molecular weight excluding hydrogens is 468 g/mol. The molecule has 0 radical (unpaired) electrons. The second-order valence-corrected chi connectivity index (χ2v) is 8.78. The average molecular weight is 491 g/mol. The van der Waals surface area contributed by atoms with Gasteiger partial charge in [-0.1, -0.05) is 72.8 Å². The Morgan fingerprint density at radius 1 is 0.514 bits per heavy atom. The van der Waals surface area contributed by atoms with Gasteiger partial charge < -0.3 is 9.47 Å². The van der Waals surface area contributed by atoms with Crippen LogP contribution >= 0.6 is 0 Å². The molecule has 6 nitrogen and oxygen atoms in total. The molecule has 0 fully saturated rings. The molecule has 0 unspecified atom stereocenters. The first-order valence-corrected chi connectivity index (χ1v) is 11.7. The highest BCUT2D eigenvalue weighted by molar-refractivity contribution is 6.33. The molecular formula is C31H22O6. The molecule has 37 heavy (non-hydrogen) atoms. The van der Waals surface area contributed by atoms with Crippen LogP contribution in [0.1, 0.15) is 36.1 Å². The van der Waals surface area contributed by atoms with Gasteiger partial charge in [0.25, 0.3) is 0 Å². The Balaban J connectivity index is 1.69. The van der Waals surface area contributed by atoms with Crippen LogP contribution in [0.5, 0.6) is 11.5 Å². The van der Waals surface area contributed by atoms with E-state index in [1.807, 2.05) is 48.5 Å². The van der Waals surface area contributed by atoms with E-state index in [1.54, 1.807) is 24.3 Å². The fraction of sp³-hybridized carbons (Fsp3) is 0.0968. The molecule has 0 saturated carbocycles. The largest absolute Gasteiger partial charge is 0.421 e. The quantitative estimate of drug-likeness (QED) is 0.188. The Bertz CT molecular complexity index is 1430. The van der Waals surface area contributed by atoms with Crippen molar-refractivity contribution >= 4 is 23.5 Å². The van der Waals surface area contributed by atoms with Crippen LogP contribution in [0.3, 0.4) is 0 Å². The van der Waals surface area contributed by atoms with Crippen LogP contribution in [0.25, 0.3) is 11.1 Å². The number of carbonyl (C=O) groups is 4. The van der Waals surface area contributed by atoms with E-state index in [2.05, 4.69) is 24.3 Å². The molecule has 0 atom stereocenters. The fourth-order valence-corrected chi connectivity index (χ4v) is 4.93. The first-order valence-electron chi connectivity index (χ1n) is 11.7. The van der Waals surface area contributed by atoms with Crippen molar-refractivity contribution in [3.63, 3.8) is 0 Å². The number of hydrogen-bond acceptors (Lipinski definition) is 6. The number of fused-ring (bicyclic) bond motifs is 3. The standard InChI is InChI=1S/C31H22O6/c1-19(32)29(34)36-23-15-11-21(12-16-23)31(22-13-17-24(18-14-22)37-30(35)20(2)33)27-9-5-3-7-25(27)26-8-4-6-10-28(26)31/h3-18H,1-2H3. The summed E-state index contributed by atoms with van der Waals surface area (Å²) in [7, 11) is 0. The van der Waals surface area contributed by atoms with Gasteiger partial charge in [-0.2, -0.15) is 0 Å². The molecule has 0 spiro atoms. The Hall–Kier alpha value is -4.84. The van der Waals surface area contributed by atoms with Gasteiger partial charge in [-0.05, 0) is 57.6 Å². The second-order valence-electron chi connectivity index (χ2n) is 8.78. The molecule has 182 valence electrons. The molecule has 0 aromatic heterocycles. The zero-order valence-electron chi connectivity index (χ0n) is 20.2. The lowest BCUT2D eigenvalue weighted by atomic mass is 9.68. The van der Waals surface area contributed by atoms with Crippen LogP contribution in [0.4, 0.5) is 0 Å². The van der Waals surface area contributed by atoms with Crippen LogP contribution in [0.15, 0.2) is 97.1 Å². The molecule has 0 aliphatic heterocycles. The highest BCUT2D eigenvalue weighted by Gasteiger charge is 2.45. The topological polar surface area (TPSA) is 86.7 Å². The summed E-state index contributed by atoms with van der Waals surface area (Å²) in [6.45, 7) is 2.32. The summed E-state index contributed by atoms with van der Waals surface area (Å²) in [5, 5.41) is 0. The predicted molar refractivity (Wildman–Crippen MR) is 136 cm³/mol. The number of benzene rings is 4. The molecule has 1 aliphatic carbocycles. The SMILES string of the molecule is CC(=O)C(=O)Oc1ccc(C2(c3ccc(OC(=O)C(C)=O)cc3)c3ccccc3-c3ccccc32)cc1. The first kappa shape index (κ1) is 23.9. The number of ether oxygens (including phenoxy) is 2. The maximum Gasteiger partial charge on any atom is 0.379 e. The number of rotatable bonds is 6. The van der Waals surface area contributed by atoms with Crippen molar-refractivity contribution in [1.82, 2.24) is 0 Å². The highest BCUT2D eigenvalue weighted by Crippen LogP contribution is 2.56. The van der Waals surface area contributed by atoms with Gasteiger partial charge in [0.2, 0.25) is 11.6 Å². The molecule has 6 heteroatoms. The van der Waals surface area contributed by atoms with Gasteiger partial charge in [-0.15, -0.1) is 0 Å². The summed E-state index contributed by atoms with van der Waals surface area (Å²) in [6, 6.07) is 30.5. The van der Waals surface area contributed by atoms with Gasteiger partial charge in [0.1, 0.15) is 11.5 Å². The third-order valence-electron chi connectivity index (χ3n) is 6.52. The number of ketones is 2. The van der Waals surface area contributed by atoms with Crippen molar-refractivity contribution < 1.29 is 28.7 Å². The van der Waals surface area contributed by atoms with E-state index in [-0.39, 0.29) is 11.5 Å². The predicted octanol–water partition coefficient (Wildman–Crippen LogP) is 5.04. The maximum absolute atomic E-state index is 11.8. The van der Waals surface area contributed by atoms with E-state index in [0.29, 0.717) is 0 Å². The van der Waals surface area contributed by atoms with Crippen molar-refractivity contribution in [3.8, 4) is 22.6 Å². The van der Waals surface area contributed by atoms with Crippen LogP contribution in [0, 0.1) is 0 Å². The van der Waals surface area contributed by atoms with Crippen LogP contribution in [-0.4, -0.2) is 23.5 Å². The second kappa shape index (κ2) is 9.32. The van der Waals surface area contributed by atoms with Crippen LogP contribution in [-0.2, 0) is 24.6 Å². The van der Waals surface area contributed by atoms with Crippen molar-refractivity contribution in [2.45, 2.75) is 19.3 Å². The fourth-order valence-electron chi connectivity index (χ4n) is 4.93. The minimum atomic E-state index is -0.922. The van der Waals surface area contributed by atoms with Gasteiger partial charge in [0, 0.05) is 13.8 Å². The Labute approximate surface area is 213 Å². The van der Waals surface area contributed by atoms with Crippen molar-refractivity contribution in [2.24, 2.45) is 0 Å². The molecule has 0 N–H and O–H groups in total. The summed E-state index contributed by atoms with van der Waals surface area (Å²) >= 11 is 0. The van der Waals surface area contributed by atoms with Crippen molar-refractivity contribution in [1.29, 1.82) is 0 Å². The minimum absolute atomic E-state index is 0.269. The van der Waals surface area contributed by atoms with Gasteiger partial charge in [0.15, 0.2) is 0 Å². The molecule has 4 aromatic rings. The summed E-state index contributed by atoms with van der Waals surface area (Å²) in [5.41, 5.74) is 5.44. The Kier molecular flexibility index (Phi) is 6.01. The van der Waals surface area contributed by atoms with Crippen LogP contribution in [0.2, 0.25) is 0 Å². The summed E-state index contributed by atoms with van der Waals surface area (Å²) in [6.07, 6.45) is 0. The van der Waals surface area contributed by atoms with E-state index in [0.717, 1.165) is 47.2 Å². The summed E-state index contributed by atoms with van der Waals surface area (Å²) in [5.74, 6) is -2.66. The minimum Gasteiger partial charge on any atom is -0.421 e. The monoisotopic (exact) mass is 490 g/mol. The normalized spacial score (nSPS) is 12.7. The van der Waals surface area contributed by atoms with Gasteiger partial charge in [-0.3, -0.25) is 9.59 Å². The summed E-state index contributed by atoms with van der Waals surface area (Å²) in [4.78, 5) is 46.3. The van der Waals surface area contributed by atoms with E-state index < -0.39 is 28.9 Å². The number of esters is 2. The lowest BCUT2D eigenvalue weighted by Crippen LogP contribution is -2.28. The van der Waals surface area contributed by atoms with Gasteiger partial charge >= 0.3 is 11.9 Å².